The summed E-state index contributed by atoms with van der Waals surface area (Å²) in [5.74, 6) is -2.76. The second-order valence-corrected chi connectivity index (χ2v) is 7.55. The fourth-order valence-electron chi connectivity index (χ4n) is 3.25. The molecule has 3 aromatic rings. The summed E-state index contributed by atoms with van der Waals surface area (Å²) in [6.07, 6.45) is -3.97. The number of hydrogen-bond acceptors (Lipinski definition) is 4. The van der Waals surface area contributed by atoms with Crippen molar-refractivity contribution < 1.29 is 23.1 Å². The van der Waals surface area contributed by atoms with E-state index in [2.05, 4.69) is 68.1 Å². The Bertz CT molecular complexity index is 1070. The molecule has 1 aliphatic heterocycles. The number of carbonyl (C=O) groups is 1. The normalized spacial score (nSPS) is 13.4. The molecule has 10 heteroatoms. The predicted octanol–water partition coefficient (Wildman–Crippen LogP) is 4.23. The summed E-state index contributed by atoms with van der Waals surface area (Å²) >= 11 is 3.57. The summed E-state index contributed by atoms with van der Waals surface area (Å²) in [4.78, 5) is 8.90. The lowest BCUT2D eigenvalue weighted by atomic mass is 9.98. The van der Waals surface area contributed by atoms with Gasteiger partial charge in [-0.25, -0.2) is 4.79 Å². The number of carboxylic acids is 1. The number of nitrogens with one attached hydrogen (secondary N) is 2. The first-order valence-corrected chi connectivity index (χ1v) is 9.92. The number of nitrogens with zero attached hydrogens (tertiary/aromatic N) is 2. The average molecular weight is 485 g/mol. The van der Waals surface area contributed by atoms with Gasteiger partial charge in [-0.05, 0) is 57.7 Å². The lowest BCUT2D eigenvalue weighted by Crippen LogP contribution is -2.23. The molecule has 160 valence electrons. The molecule has 1 aliphatic rings. The molecule has 1 aromatic heterocycles. The summed E-state index contributed by atoms with van der Waals surface area (Å²) in [6, 6.07) is 13.1. The molecular formula is C20H20BrF3N4O2. The molecule has 0 spiro atoms. The van der Waals surface area contributed by atoms with Crippen LogP contribution in [0.4, 0.5) is 18.9 Å². The van der Waals surface area contributed by atoms with Gasteiger partial charge in [0.05, 0.1) is 10.9 Å². The molecule has 0 radical (unpaired) electrons. The first-order chi connectivity index (χ1) is 14.2. The van der Waals surface area contributed by atoms with Crippen LogP contribution in [0, 0.1) is 0 Å². The average Bonchev–Trinajstić information content (AvgIpc) is 3.00. The van der Waals surface area contributed by atoms with E-state index in [0.29, 0.717) is 0 Å². The molecule has 30 heavy (non-hydrogen) atoms. The lowest BCUT2D eigenvalue weighted by molar-refractivity contribution is -0.192. The predicted molar refractivity (Wildman–Crippen MR) is 111 cm³/mol. The Balaban J connectivity index is 0.000000318. The number of aliphatic carboxylic acids is 1. The van der Waals surface area contributed by atoms with Crippen molar-refractivity contribution >= 4 is 38.5 Å². The van der Waals surface area contributed by atoms with Gasteiger partial charge in [0.15, 0.2) is 0 Å². The second-order valence-electron chi connectivity index (χ2n) is 6.80. The van der Waals surface area contributed by atoms with Crippen LogP contribution in [-0.2, 0) is 31.4 Å². The first-order valence-electron chi connectivity index (χ1n) is 9.13. The molecule has 2 heterocycles. The summed E-state index contributed by atoms with van der Waals surface area (Å²) in [7, 11) is 1.97. The van der Waals surface area contributed by atoms with Gasteiger partial charge in [-0.15, -0.1) is 0 Å². The van der Waals surface area contributed by atoms with E-state index < -0.39 is 12.1 Å². The molecule has 0 bridgehead atoms. The van der Waals surface area contributed by atoms with Crippen molar-refractivity contribution in [2.75, 3.05) is 11.9 Å². The molecule has 2 aromatic carbocycles. The number of aryl methyl sites for hydroxylation is 1. The Morgan fingerprint density at radius 1 is 1.30 bits per heavy atom. The fourth-order valence-corrected chi connectivity index (χ4v) is 3.90. The molecule has 3 N–H and O–H groups in total. The van der Waals surface area contributed by atoms with Crippen LogP contribution in [0.2, 0.25) is 0 Å². The fraction of sp³-hybridized carbons (Fsp3) is 0.300. The van der Waals surface area contributed by atoms with Crippen molar-refractivity contribution in [1.29, 1.82) is 0 Å². The topological polar surface area (TPSA) is 79.2 Å². The maximum atomic E-state index is 10.6. The highest BCUT2D eigenvalue weighted by atomic mass is 79.9. The Morgan fingerprint density at radius 3 is 2.73 bits per heavy atom. The van der Waals surface area contributed by atoms with Gasteiger partial charge in [-0.2, -0.15) is 18.3 Å². The van der Waals surface area contributed by atoms with E-state index in [1.54, 1.807) is 0 Å². The number of anilines is 1. The van der Waals surface area contributed by atoms with Crippen LogP contribution >= 0.6 is 15.9 Å². The molecule has 6 nitrogen and oxygen atoms in total. The van der Waals surface area contributed by atoms with Crippen LogP contribution in [0.15, 0.2) is 41.0 Å². The minimum atomic E-state index is -5.08. The molecule has 0 unspecified atom stereocenters. The van der Waals surface area contributed by atoms with Gasteiger partial charge in [0, 0.05) is 25.8 Å². The lowest BCUT2D eigenvalue weighted by Gasteiger charge is -2.18. The number of fused-ring (bicyclic) bond motifs is 2. The molecular weight excluding hydrogens is 465 g/mol. The number of rotatable bonds is 3. The smallest absolute Gasteiger partial charge is 0.475 e. The third kappa shape index (κ3) is 5.11. The van der Waals surface area contributed by atoms with Crippen LogP contribution < -0.4 is 10.6 Å². The van der Waals surface area contributed by atoms with E-state index in [9.17, 15) is 13.2 Å². The van der Waals surface area contributed by atoms with Crippen LogP contribution in [0.3, 0.4) is 0 Å². The largest absolute Gasteiger partial charge is 0.490 e. The van der Waals surface area contributed by atoms with E-state index in [1.807, 2.05) is 11.7 Å². The van der Waals surface area contributed by atoms with Crippen molar-refractivity contribution in [3.63, 3.8) is 0 Å². The van der Waals surface area contributed by atoms with E-state index in [0.717, 1.165) is 47.2 Å². The van der Waals surface area contributed by atoms with Crippen molar-refractivity contribution in [2.24, 2.45) is 7.05 Å². The molecule has 0 saturated carbocycles. The highest BCUT2D eigenvalue weighted by Gasteiger charge is 2.38. The SMILES string of the molecule is Cn1nc(Br)c2c(NCc3ccc4c(c3)CCNC4)cccc21.O=C(O)C(F)(F)F. The summed E-state index contributed by atoms with van der Waals surface area (Å²) in [5.41, 5.74) is 6.46. The molecule has 0 fully saturated rings. The molecule has 4 rings (SSSR count). The van der Waals surface area contributed by atoms with Crippen molar-refractivity contribution in [2.45, 2.75) is 25.7 Å². The summed E-state index contributed by atoms with van der Waals surface area (Å²) in [5, 5.41) is 19.7. The molecule has 0 atom stereocenters. The highest BCUT2D eigenvalue weighted by molar-refractivity contribution is 9.10. The van der Waals surface area contributed by atoms with Gasteiger partial charge in [0.25, 0.3) is 0 Å². The third-order valence-electron chi connectivity index (χ3n) is 4.72. The van der Waals surface area contributed by atoms with Crippen molar-refractivity contribution in [1.82, 2.24) is 15.1 Å². The number of halogens is 4. The minimum absolute atomic E-state index is 0.821. The quantitative estimate of drug-likeness (QED) is 0.518. The van der Waals surface area contributed by atoms with Crippen LogP contribution in [-0.4, -0.2) is 33.6 Å². The Morgan fingerprint density at radius 2 is 2.03 bits per heavy atom. The first kappa shape index (κ1) is 22.1. The van der Waals surface area contributed by atoms with Gasteiger partial charge < -0.3 is 15.7 Å². The van der Waals surface area contributed by atoms with Gasteiger partial charge in [0.2, 0.25) is 0 Å². The summed E-state index contributed by atoms with van der Waals surface area (Å²) < 4.78 is 34.5. The van der Waals surface area contributed by atoms with E-state index in [-0.39, 0.29) is 0 Å². The van der Waals surface area contributed by atoms with Crippen LogP contribution in [0.25, 0.3) is 10.9 Å². The number of benzene rings is 2. The number of hydrogen-bond donors (Lipinski definition) is 3. The van der Waals surface area contributed by atoms with Gasteiger partial charge in [0.1, 0.15) is 4.60 Å². The van der Waals surface area contributed by atoms with Crippen LogP contribution in [0.5, 0.6) is 0 Å². The Hall–Kier alpha value is -2.59. The van der Waals surface area contributed by atoms with Crippen molar-refractivity contribution in [3.05, 3.63) is 57.7 Å². The zero-order valence-electron chi connectivity index (χ0n) is 16.1. The number of alkyl halides is 3. The third-order valence-corrected chi connectivity index (χ3v) is 5.27. The zero-order chi connectivity index (χ0) is 21.9. The minimum Gasteiger partial charge on any atom is -0.475 e. The monoisotopic (exact) mass is 484 g/mol. The number of aromatic nitrogens is 2. The maximum Gasteiger partial charge on any atom is 0.490 e. The van der Waals surface area contributed by atoms with E-state index in [1.165, 1.54) is 16.7 Å². The van der Waals surface area contributed by atoms with E-state index >= 15 is 0 Å². The second kappa shape index (κ2) is 9.05. The summed E-state index contributed by atoms with van der Waals surface area (Å²) in [6.45, 7) is 2.89. The molecule has 0 amide bonds. The van der Waals surface area contributed by atoms with Crippen molar-refractivity contribution in [3.8, 4) is 0 Å². The Kier molecular flexibility index (Phi) is 6.67. The Labute approximate surface area is 179 Å². The van der Waals surface area contributed by atoms with Gasteiger partial charge >= 0.3 is 12.1 Å². The molecule has 0 saturated heterocycles. The van der Waals surface area contributed by atoms with Gasteiger partial charge in [-0.3, -0.25) is 4.68 Å². The maximum absolute atomic E-state index is 10.6. The molecule has 0 aliphatic carbocycles. The number of carboxylic acid groups (broad SMARTS) is 1. The highest BCUT2D eigenvalue weighted by Crippen LogP contribution is 2.30. The van der Waals surface area contributed by atoms with E-state index in [4.69, 9.17) is 9.90 Å². The standard InChI is InChI=1S/C18H19BrN4.C2HF3O2/c1-23-16-4-2-3-15(17(16)18(19)22-23)21-10-12-5-6-14-11-20-8-7-13(14)9-12;3-2(4,5)1(6)7/h2-6,9,20-21H,7-8,10-11H2,1H3;(H,6,7). The zero-order valence-corrected chi connectivity index (χ0v) is 17.6. The van der Waals surface area contributed by atoms with Crippen LogP contribution in [0.1, 0.15) is 16.7 Å². The van der Waals surface area contributed by atoms with Gasteiger partial charge in [-0.1, -0.05) is 24.3 Å².